The highest BCUT2D eigenvalue weighted by Crippen LogP contribution is 2.49. The molecule has 0 fully saturated rings. The third-order valence-corrected chi connectivity index (χ3v) is 3.15. The summed E-state index contributed by atoms with van der Waals surface area (Å²) >= 11 is 0. The summed E-state index contributed by atoms with van der Waals surface area (Å²) in [7, 11) is 0. The lowest BCUT2D eigenvalue weighted by Crippen LogP contribution is -2.63. The van der Waals surface area contributed by atoms with Crippen LogP contribution in [0.2, 0.25) is 0 Å². The molecule has 1 heterocycles. The van der Waals surface area contributed by atoms with Crippen molar-refractivity contribution in [1.82, 2.24) is 0 Å². The summed E-state index contributed by atoms with van der Waals surface area (Å²) in [5, 5.41) is 8.93. The Labute approximate surface area is 119 Å². The molecule has 1 N–H and O–H groups in total. The number of para-hydroxylation sites is 1. The van der Waals surface area contributed by atoms with Gasteiger partial charge in [0.05, 0.1) is 5.57 Å². The number of carboxylic acid groups (broad SMARTS) is 1. The maximum Gasteiger partial charge on any atom is 0.436 e. The fraction of sp³-hybridized carbons (Fsp3) is 0.308. The first kappa shape index (κ1) is 16.2. The van der Waals surface area contributed by atoms with Crippen LogP contribution < -0.4 is 4.74 Å². The Balaban J connectivity index is 2.75. The van der Waals surface area contributed by atoms with E-state index >= 15 is 0 Å². The first-order valence-corrected chi connectivity index (χ1v) is 5.83. The highest BCUT2D eigenvalue weighted by Gasteiger charge is 2.70. The second kappa shape index (κ2) is 5.22. The molecular weight excluding hydrogens is 318 g/mol. The van der Waals surface area contributed by atoms with Crippen LogP contribution in [0.15, 0.2) is 29.8 Å². The average Bonchev–Trinajstić information content (AvgIpc) is 2.43. The van der Waals surface area contributed by atoms with Crippen LogP contribution in [-0.2, 0) is 4.79 Å². The molecule has 3 nitrogen and oxygen atoms in total. The summed E-state index contributed by atoms with van der Waals surface area (Å²) in [6, 6.07) is 4.84. The van der Waals surface area contributed by atoms with Gasteiger partial charge >= 0.3 is 12.1 Å². The number of aliphatic carboxylic acids is 1. The maximum absolute atomic E-state index is 13.8. The highest BCUT2D eigenvalue weighted by molar-refractivity contribution is 5.96. The van der Waals surface area contributed by atoms with Crippen molar-refractivity contribution in [3.05, 3.63) is 35.4 Å². The van der Waals surface area contributed by atoms with E-state index in [9.17, 15) is 31.1 Å². The van der Waals surface area contributed by atoms with E-state index in [1.165, 1.54) is 18.2 Å². The van der Waals surface area contributed by atoms with E-state index < -0.39 is 41.7 Å². The minimum atomic E-state index is -5.71. The lowest BCUT2D eigenvalue weighted by Gasteiger charge is -2.40. The molecule has 120 valence electrons. The molecule has 1 aliphatic heterocycles. The van der Waals surface area contributed by atoms with Crippen molar-refractivity contribution in [2.24, 2.45) is 0 Å². The van der Waals surface area contributed by atoms with E-state index in [4.69, 9.17) is 5.11 Å². The molecule has 0 aliphatic carbocycles. The summed E-state index contributed by atoms with van der Waals surface area (Å²) in [4.78, 5) is 11.1. The van der Waals surface area contributed by atoms with Gasteiger partial charge in [-0.3, -0.25) is 0 Å². The highest BCUT2D eigenvalue weighted by atomic mass is 19.4. The molecule has 2 unspecified atom stereocenters. The fourth-order valence-corrected chi connectivity index (χ4v) is 2.15. The number of hydrogen-bond acceptors (Lipinski definition) is 2. The second-order valence-electron chi connectivity index (χ2n) is 4.47. The van der Waals surface area contributed by atoms with Crippen LogP contribution in [0.3, 0.4) is 0 Å². The van der Waals surface area contributed by atoms with Crippen molar-refractivity contribution >= 4 is 12.0 Å². The van der Waals surface area contributed by atoms with E-state index in [0.717, 1.165) is 6.07 Å². The third kappa shape index (κ3) is 2.30. The molecule has 0 bridgehead atoms. The molecule has 1 aliphatic rings. The summed E-state index contributed by atoms with van der Waals surface area (Å²) in [6.45, 7) is 0. The van der Waals surface area contributed by atoms with E-state index in [2.05, 4.69) is 4.74 Å². The van der Waals surface area contributed by atoms with Crippen molar-refractivity contribution in [2.45, 2.75) is 24.4 Å². The molecule has 1 aromatic carbocycles. The summed E-state index contributed by atoms with van der Waals surface area (Å²) in [5.74, 6) is -2.73. The zero-order valence-corrected chi connectivity index (χ0v) is 10.6. The molecule has 22 heavy (non-hydrogen) atoms. The van der Waals surface area contributed by atoms with Crippen LogP contribution in [0, 0.1) is 0 Å². The predicted octanol–water partition coefficient (Wildman–Crippen LogP) is 3.45. The monoisotopic (exact) mass is 326 g/mol. The summed E-state index contributed by atoms with van der Waals surface area (Å²) < 4.78 is 83.4. The molecule has 0 spiro atoms. The van der Waals surface area contributed by atoms with E-state index in [1.54, 1.807) is 0 Å². The Bertz CT molecular complexity index is 624. The number of carboxylic acids is 1. The summed E-state index contributed by atoms with van der Waals surface area (Å²) in [6.07, 6.45) is -13.2. The first-order chi connectivity index (χ1) is 10.1. The zero-order valence-electron chi connectivity index (χ0n) is 10.6. The maximum atomic E-state index is 13.8. The normalized spacial score (nSPS) is 22.6. The average molecular weight is 326 g/mol. The van der Waals surface area contributed by atoms with Crippen molar-refractivity contribution in [2.75, 3.05) is 0 Å². The number of rotatable bonds is 3. The van der Waals surface area contributed by atoms with Gasteiger partial charge in [0.1, 0.15) is 5.75 Å². The number of alkyl halides is 6. The van der Waals surface area contributed by atoms with Gasteiger partial charge in [-0.2, -0.15) is 13.2 Å². The Kier molecular flexibility index (Phi) is 3.84. The van der Waals surface area contributed by atoms with Crippen LogP contribution in [0.4, 0.5) is 26.3 Å². The number of hydrogen-bond donors (Lipinski definition) is 1. The fourth-order valence-electron chi connectivity index (χ4n) is 2.15. The largest absolute Gasteiger partial charge is 0.478 e. The molecular formula is C13H8F6O3. The van der Waals surface area contributed by atoms with Crippen LogP contribution in [0.1, 0.15) is 5.56 Å². The van der Waals surface area contributed by atoms with Gasteiger partial charge < -0.3 is 9.84 Å². The molecule has 1 aromatic rings. The van der Waals surface area contributed by atoms with Gasteiger partial charge in [0.2, 0.25) is 6.17 Å². The number of carbonyl (C=O) groups is 1. The quantitative estimate of drug-likeness (QED) is 0.866. The molecule has 0 aromatic heterocycles. The van der Waals surface area contributed by atoms with E-state index in [1.807, 2.05) is 0 Å². The Morgan fingerprint density at radius 3 is 2.27 bits per heavy atom. The van der Waals surface area contributed by atoms with E-state index in [0.29, 0.717) is 6.08 Å². The molecule has 0 saturated heterocycles. The molecule has 0 radical (unpaired) electrons. The van der Waals surface area contributed by atoms with Gasteiger partial charge in [0, 0.05) is 5.56 Å². The standard InChI is InChI=1S/C13H8F6O3/c14-9(10(15)16)12(13(17,18)19)7(11(20)21)5-6-3-1-2-4-8(6)22-12/h1-5,9-10H,(H,20,21). The molecule has 2 rings (SSSR count). The SMILES string of the molecule is O=C(O)C1=Cc2ccccc2OC1(C(F)C(F)F)C(F)(F)F. The Morgan fingerprint density at radius 2 is 1.77 bits per heavy atom. The van der Waals surface area contributed by atoms with Crippen LogP contribution in [-0.4, -0.2) is 35.5 Å². The lowest BCUT2D eigenvalue weighted by molar-refractivity contribution is -0.266. The minimum Gasteiger partial charge on any atom is -0.478 e. The second-order valence-corrected chi connectivity index (χ2v) is 4.47. The smallest absolute Gasteiger partial charge is 0.436 e. The number of fused-ring (bicyclic) bond motifs is 1. The summed E-state index contributed by atoms with van der Waals surface area (Å²) in [5.41, 5.74) is -5.99. The van der Waals surface area contributed by atoms with Crippen molar-refractivity contribution in [3.8, 4) is 5.75 Å². The van der Waals surface area contributed by atoms with Gasteiger partial charge in [0.25, 0.3) is 12.0 Å². The van der Waals surface area contributed by atoms with Gasteiger partial charge in [-0.1, -0.05) is 18.2 Å². The van der Waals surface area contributed by atoms with Crippen molar-refractivity contribution < 1.29 is 41.0 Å². The number of halogens is 6. The predicted molar refractivity (Wildman–Crippen MR) is 62.4 cm³/mol. The van der Waals surface area contributed by atoms with Gasteiger partial charge in [-0.15, -0.1) is 0 Å². The Morgan fingerprint density at radius 1 is 1.18 bits per heavy atom. The molecule has 0 saturated carbocycles. The third-order valence-electron chi connectivity index (χ3n) is 3.15. The topological polar surface area (TPSA) is 46.5 Å². The van der Waals surface area contributed by atoms with Gasteiger partial charge in [-0.25, -0.2) is 18.0 Å². The minimum absolute atomic E-state index is 0.0822. The molecule has 9 heteroatoms. The first-order valence-electron chi connectivity index (χ1n) is 5.83. The van der Waals surface area contributed by atoms with E-state index in [-0.39, 0.29) is 5.56 Å². The molecule has 2 atom stereocenters. The lowest BCUT2D eigenvalue weighted by atomic mass is 9.84. The van der Waals surface area contributed by atoms with Crippen LogP contribution >= 0.6 is 0 Å². The zero-order chi connectivity index (χ0) is 16.7. The Hall–Kier alpha value is -2.19. The van der Waals surface area contributed by atoms with Crippen LogP contribution in [0.25, 0.3) is 6.08 Å². The van der Waals surface area contributed by atoms with Crippen molar-refractivity contribution in [1.29, 1.82) is 0 Å². The molecule has 0 amide bonds. The van der Waals surface area contributed by atoms with Crippen LogP contribution in [0.5, 0.6) is 5.75 Å². The van der Waals surface area contributed by atoms with Gasteiger partial charge in [-0.05, 0) is 12.1 Å². The van der Waals surface area contributed by atoms with Gasteiger partial charge in [0.15, 0.2) is 0 Å². The van der Waals surface area contributed by atoms with Crippen molar-refractivity contribution in [3.63, 3.8) is 0 Å². The number of benzene rings is 1. The number of ether oxygens (including phenoxy) is 1.